The molecule has 0 aliphatic carbocycles. The van der Waals surface area contributed by atoms with E-state index in [1.54, 1.807) is 6.07 Å². The molecule has 0 radical (unpaired) electrons. The summed E-state index contributed by atoms with van der Waals surface area (Å²) in [6.07, 6.45) is -0.889. The van der Waals surface area contributed by atoms with Crippen LogP contribution in [0.5, 0.6) is 0 Å². The molecule has 0 heterocycles. The Bertz CT molecular complexity index is 718. The third kappa shape index (κ3) is 5.38. The highest BCUT2D eigenvalue weighted by Crippen LogP contribution is 2.27. The van der Waals surface area contributed by atoms with E-state index in [1.807, 2.05) is 49.4 Å². The number of aliphatic carboxylic acids is 1. The van der Waals surface area contributed by atoms with Crippen LogP contribution in [0, 0.1) is 6.92 Å². The number of nitrogens with one attached hydrogen (secondary N) is 1. The lowest BCUT2D eigenvalue weighted by Gasteiger charge is -2.19. The third-order valence-electron chi connectivity index (χ3n) is 3.41. The number of alkyl carbamates (subject to hydrolysis) is 1. The van der Waals surface area contributed by atoms with Crippen molar-refractivity contribution in [3.63, 3.8) is 0 Å². The molecule has 2 aromatic carbocycles. The molecule has 1 unspecified atom stereocenters. The Morgan fingerprint density at radius 2 is 1.92 bits per heavy atom. The van der Waals surface area contributed by atoms with E-state index in [0.717, 1.165) is 15.6 Å². The average molecular weight is 392 g/mol. The molecule has 5 nitrogen and oxygen atoms in total. The van der Waals surface area contributed by atoms with Crippen molar-refractivity contribution >= 4 is 28.0 Å². The van der Waals surface area contributed by atoms with Crippen LogP contribution in [0.2, 0.25) is 0 Å². The number of benzene rings is 2. The SMILES string of the molecule is Cc1ccc(C(CC(=O)O)NC(=O)OCc2ccccc2)c(Br)c1. The smallest absolute Gasteiger partial charge is 0.407 e. The van der Waals surface area contributed by atoms with Crippen LogP contribution in [0.25, 0.3) is 0 Å². The lowest BCUT2D eigenvalue weighted by molar-refractivity contribution is -0.137. The predicted octanol–water partition coefficient (Wildman–Crippen LogP) is 4.20. The number of ether oxygens (including phenoxy) is 1. The van der Waals surface area contributed by atoms with Crippen molar-refractivity contribution in [1.82, 2.24) is 5.32 Å². The number of halogens is 1. The molecular weight excluding hydrogens is 374 g/mol. The Morgan fingerprint density at radius 1 is 1.21 bits per heavy atom. The first-order chi connectivity index (χ1) is 11.5. The zero-order valence-electron chi connectivity index (χ0n) is 13.2. The van der Waals surface area contributed by atoms with Crippen molar-refractivity contribution in [2.24, 2.45) is 0 Å². The van der Waals surface area contributed by atoms with E-state index in [-0.39, 0.29) is 13.0 Å². The van der Waals surface area contributed by atoms with Crippen LogP contribution < -0.4 is 5.32 Å². The zero-order valence-corrected chi connectivity index (χ0v) is 14.7. The second-order valence-corrected chi connectivity index (χ2v) is 6.24. The maximum Gasteiger partial charge on any atom is 0.407 e. The van der Waals surface area contributed by atoms with Gasteiger partial charge in [0, 0.05) is 4.47 Å². The van der Waals surface area contributed by atoms with Gasteiger partial charge in [0.1, 0.15) is 6.61 Å². The zero-order chi connectivity index (χ0) is 17.5. The van der Waals surface area contributed by atoms with E-state index in [1.165, 1.54) is 0 Å². The number of aryl methyl sites for hydroxylation is 1. The molecule has 1 amide bonds. The second kappa shape index (κ2) is 8.49. The summed E-state index contributed by atoms with van der Waals surface area (Å²) in [5.41, 5.74) is 2.59. The summed E-state index contributed by atoms with van der Waals surface area (Å²) in [5.74, 6) is -1.00. The first-order valence-electron chi connectivity index (χ1n) is 7.41. The van der Waals surface area contributed by atoms with Crippen LogP contribution in [0.1, 0.15) is 29.2 Å². The van der Waals surface area contributed by atoms with Crippen LogP contribution in [0.3, 0.4) is 0 Å². The van der Waals surface area contributed by atoms with E-state index in [4.69, 9.17) is 9.84 Å². The lowest BCUT2D eigenvalue weighted by atomic mass is 10.0. The molecule has 2 aromatic rings. The lowest BCUT2D eigenvalue weighted by Crippen LogP contribution is -2.31. The summed E-state index contributed by atoms with van der Waals surface area (Å²) in [4.78, 5) is 23.1. The molecule has 0 spiro atoms. The maximum atomic E-state index is 12.0. The van der Waals surface area contributed by atoms with Gasteiger partial charge >= 0.3 is 12.1 Å². The Labute approximate surface area is 148 Å². The molecule has 0 aliphatic rings. The molecule has 0 fully saturated rings. The first kappa shape index (κ1) is 18.0. The maximum absolute atomic E-state index is 12.0. The van der Waals surface area contributed by atoms with Gasteiger partial charge in [-0.05, 0) is 29.7 Å². The number of amides is 1. The Kier molecular flexibility index (Phi) is 6.37. The largest absolute Gasteiger partial charge is 0.481 e. The summed E-state index contributed by atoms with van der Waals surface area (Å²) in [5, 5.41) is 11.7. The highest BCUT2D eigenvalue weighted by Gasteiger charge is 2.21. The van der Waals surface area contributed by atoms with Crippen LogP contribution in [0.4, 0.5) is 4.79 Å². The third-order valence-corrected chi connectivity index (χ3v) is 4.10. The minimum absolute atomic E-state index is 0.127. The quantitative estimate of drug-likeness (QED) is 0.773. The van der Waals surface area contributed by atoms with Gasteiger partial charge in [0.15, 0.2) is 0 Å². The topological polar surface area (TPSA) is 75.6 Å². The van der Waals surface area contributed by atoms with Gasteiger partial charge in [-0.3, -0.25) is 4.79 Å². The van der Waals surface area contributed by atoms with E-state index in [2.05, 4.69) is 21.2 Å². The van der Waals surface area contributed by atoms with Gasteiger partial charge in [0.25, 0.3) is 0 Å². The van der Waals surface area contributed by atoms with Crippen molar-refractivity contribution in [1.29, 1.82) is 0 Å². The molecule has 0 saturated carbocycles. The van der Waals surface area contributed by atoms with Crippen molar-refractivity contribution in [2.75, 3.05) is 0 Å². The number of carbonyl (C=O) groups is 2. The fourth-order valence-corrected chi connectivity index (χ4v) is 3.00. The van der Waals surface area contributed by atoms with Crippen LogP contribution in [0.15, 0.2) is 53.0 Å². The highest BCUT2D eigenvalue weighted by molar-refractivity contribution is 9.10. The van der Waals surface area contributed by atoms with Gasteiger partial charge in [-0.2, -0.15) is 0 Å². The van der Waals surface area contributed by atoms with Gasteiger partial charge in [0.05, 0.1) is 12.5 Å². The van der Waals surface area contributed by atoms with Crippen molar-refractivity contribution in [2.45, 2.75) is 26.0 Å². The van der Waals surface area contributed by atoms with E-state index in [9.17, 15) is 9.59 Å². The van der Waals surface area contributed by atoms with Gasteiger partial charge < -0.3 is 15.2 Å². The van der Waals surface area contributed by atoms with E-state index < -0.39 is 18.1 Å². The normalized spacial score (nSPS) is 11.6. The molecule has 0 saturated heterocycles. The Balaban J connectivity index is 2.05. The standard InChI is InChI=1S/C18H18BrNO4/c1-12-7-8-14(15(19)9-12)16(10-17(21)22)20-18(23)24-11-13-5-3-2-4-6-13/h2-9,16H,10-11H2,1H3,(H,20,23)(H,21,22). The molecule has 0 bridgehead atoms. The van der Waals surface area contributed by atoms with Gasteiger partial charge in [-0.1, -0.05) is 58.4 Å². The Morgan fingerprint density at radius 3 is 2.54 bits per heavy atom. The molecule has 1 atom stereocenters. The van der Waals surface area contributed by atoms with Gasteiger partial charge in [0.2, 0.25) is 0 Å². The van der Waals surface area contributed by atoms with Crippen LogP contribution in [-0.4, -0.2) is 17.2 Å². The van der Waals surface area contributed by atoms with Crippen molar-refractivity contribution < 1.29 is 19.4 Å². The summed E-state index contributed by atoms with van der Waals surface area (Å²) in [6.45, 7) is 2.06. The Hall–Kier alpha value is -2.34. The molecule has 2 rings (SSSR count). The number of carboxylic acid groups (broad SMARTS) is 1. The number of carboxylic acids is 1. The van der Waals surface area contributed by atoms with Crippen molar-refractivity contribution in [3.8, 4) is 0 Å². The summed E-state index contributed by atoms with van der Waals surface area (Å²) in [7, 11) is 0. The highest BCUT2D eigenvalue weighted by atomic mass is 79.9. The monoisotopic (exact) mass is 391 g/mol. The first-order valence-corrected chi connectivity index (χ1v) is 8.20. The number of hydrogen-bond donors (Lipinski definition) is 2. The van der Waals surface area contributed by atoms with E-state index in [0.29, 0.717) is 5.56 Å². The summed E-state index contributed by atoms with van der Waals surface area (Å²) >= 11 is 3.42. The van der Waals surface area contributed by atoms with Crippen molar-refractivity contribution in [3.05, 3.63) is 69.7 Å². The van der Waals surface area contributed by atoms with Gasteiger partial charge in [-0.15, -0.1) is 0 Å². The summed E-state index contributed by atoms with van der Waals surface area (Å²) in [6, 6.07) is 14.1. The van der Waals surface area contributed by atoms with E-state index >= 15 is 0 Å². The fraction of sp³-hybridized carbons (Fsp3) is 0.222. The molecule has 126 valence electrons. The minimum atomic E-state index is -1.00. The minimum Gasteiger partial charge on any atom is -0.481 e. The molecule has 0 aromatic heterocycles. The molecule has 0 aliphatic heterocycles. The number of carbonyl (C=O) groups excluding carboxylic acids is 1. The van der Waals surface area contributed by atoms with Crippen LogP contribution >= 0.6 is 15.9 Å². The summed E-state index contributed by atoms with van der Waals surface area (Å²) < 4.78 is 5.91. The average Bonchev–Trinajstić information content (AvgIpc) is 2.53. The number of hydrogen-bond acceptors (Lipinski definition) is 3. The fourth-order valence-electron chi connectivity index (χ4n) is 2.24. The molecule has 6 heteroatoms. The molecule has 24 heavy (non-hydrogen) atoms. The number of rotatable bonds is 6. The molecular formula is C18H18BrNO4. The van der Waals surface area contributed by atoms with Gasteiger partial charge in [-0.25, -0.2) is 4.79 Å². The second-order valence-electron chi connectivity index (χ2n) is 5.38. The van der Waals surface area contributed by atoms with Crippen LogP contribution in [-0.2, 0) is 16.1 Å². The molecule has 2 N–H and O–H groups in total. The predicted molar refractivity (Wildman–Crippen MR) is 93.6 cm³/mol.